The first-order chi connectivity index (χ1) is 11.1. The minimum absolute atomic E-state index is 0.0213. The molecule has 3 rings (SSSR count). The van der Waals surface area contributed by atoms with Crippen molar-refractivity contribution in [1.29, 1.82) is 0 Å². The number of amides is 1. The zero-order chi connectivity index (χ0) is 16.4. The van der Waals surface area contributed by atoms with Crippen LogP contribution >= 0.6 is 23.2 Å². The maximum Gasteiger partial charge on any atom is 0.242 e. The van der Waals surface area contributed by atoms with E-state index in [9.17, 15) is 4.79 Å². The van der Waals surface area contributed by atoms with Crippen molar-refractivity contribution in [3.63, 3.8) is 0 Å². The highest BCUT2D eigenvalue weighted by atomic mass is 35.5. The van der Waals surface area contributed by atoms with Crippen LogP contribution in [0.15, 0.2) is 53.6 Å². The fourth-order valence-electron chi connectivity index (χ4n) is 2.72. The van der Waals surface area contributed by atoms with E-state index in [2.05, 4.69) is 5.10 Å². The van der Waals surface area contributed by atoms with Gasteiger partial charge in [-0.2, -0.15) is 5.10 Å². The third-order valence-electron chi connectivity index (χ3n) is 3.90. The minimum Gasteiger partial charge on any atom is -0.273 e. The van der Waals surface area contributed by atoms with Crippen LogP contribution in [-0.4, -0.2) is 16.6 Å². The summed E-state index contributed by atoms with van der Waals surface area (Å²) in [6.07, 6.45) is 1.03. The first-order valence-corrected chi connectivity index (χ1v) is 8.25. The third kappa shape index (κ3) is 3.26. The molecule has 0 saturated carbocycles. The van der Waals surface area contributed by atoms with E-state index in [0.29, 0.717) is 22.9 Å². The number of hydrazone groups is 1. The molecule has 0 spiro atoms. The third-order valence-corrected chi connectivity index (χ3v) is 4.46. The van der Waals surface area contributed by atoms with Crippen molar-refractivity contribution in [2.24, 2.45) is 5.10 Å². The molecule has 23 heavy (non-hydrogen) atoms. The highest BCUT2D eigenvalue weighted by Gasteiger charge is 2.33. The molecular weight excluding hydrogens is 331 g/mol. The molecule has 1 unspecified atom stereocenters. The van der Waals surface area contributed by atoms with Crippen molar-refractivity contribution in [3.05, 3.63) is 69.7 Å². The number of carbonyl (C=O) groups excluding carboxylic acids is 1. The number of benzene rings is 2. The van der Waals surface area contributed by atoms with Crippen LogP contribution in [0.25, 0.3) is 0 Å². The smallest absolute Gasteiger partial charge is 0.242 e. The first-order valence-electron chi connectivity index (χ1n) is 7.50. The summed E-state index contributed by atoms with van der Waals surface area (Å²) in [6, 6.07) is 15.1. The fraction of sp³-hybridized carbons (Fsp3) is 0.222. The predicted molar refractivity (Wildman–Crippen MR) is 93.9 cm³/mol. The highest BCUT2D eigenvalue weighted by molar-refractivity contribution is 6.35. The van der Waals surface area contributed by atoms with Crippen molar-refractivity contribution >= 4 is 34.8 Å². The van der Waals surface area contributed by atoms with Gasteiger partial charge in [-0.25, -0.2) is 5.01 Å². The lowest BCUT2D eigenvalue weighted by atomic mass is 9.98. The first kappa shape index (κ1) is 16.0. The van der Waals surface area contributed by atoms with Crippen LogP contribution in [-0.2, 0) is 4.79 Å². The van der Waals surface area contributed by atoms with Gasteiger partial charge in [0.2, 0.25) is 5.91 Å². The Labute approximate surface area is 145 Å². The van der Waals surface area contributed by atoms with Gasteiger partial charge >= 0.3 is 0 Å². The molecule has 0 radical (unpaired) electrons. The van der Waals surface area contributed by atoms with E-state index in [1.165, 1.54) is 0 Å². The molecule has 2 aromatic carbocycles. The summed E-state index contributed by atoms with van der Waals surface area (Å²) in [5, 5.41) is 7.25. The zero-order valence-corrected chi connectivity index (χ0v) is 14.2. The van der Waals surface area contributed by atoms with Crippen molar-refractivity contribution in [2.75, 3.05) is 0 Å². The Hall–Kier alpha value is -1.84. The van der Waals surface area contributed by atoms with E-state index in [1.54, 1.807) is 17.1 Å². The predicted octanol–water partition coefficient (Wildman–Crippen LogP) is 5.08. The Morgan fingerprint density at radius 2 is 1.96 bits per heavy atom. The van der Waals surface area contributed by atoms with Crippen LogP contribution in [0, 0.1) is 0 Å². The lowest BCUT2D eigenvalue weighted by molar-refractivity contribution is -0.132. The average Bonchev–Trinajstić information content (AvgIpc) is 3.00. The van der Waals surface area contributed by atoms with E-state index < -0.39 is 0 Å². The van der Waals surface area contributed by atoms with Crippen LogP contribution < -0.4 is 0 Å². The van der Waals surface area contributed by atoms with Gasteiger partial charge in [0.15, 0.2) is 0 Å². The van der Waals surface area contributed by atoms with Gasteiger partial charge in [-0.3, -0.25) is 4.79 Å². The molecule has 0 saturated heterocycles. The second-order valence-corrected chi connectivity index (χ2v) is 6.23. The molecule has 0 bridgehead atoms. The van der Waals surface area contributed by atoms with Crippen molar-refractivity contribution < 1.29 is 4.79 Å². The topological polar surface area (TPSA) is 32.7 Å². The lowest BCUT2D eigenvalue weighted by Gasteiger charge is -2.22. The molecule has 0 fully saturated rings. The molecule has 1 aliphatic rings. The molecule has 1 heterocycles. The van der Waals surface area contributed by atoms with Gasteiger partial charge in [-0.15, -0.1) is 0 Å². The summed E-state index contributed by atoms with van der Waals surface area (Å²) in [6.45, 7) is 1.83. The molecule has 1 aliphatic heterocycles. The van der Waals surface area contributed by atoms with Crippen LogP contribution in [0.2, 0.25) is 10.0 Å². The Morgan fingerprint density at radius 1 is 1.22 bits per heavy atom. The summed E-state index contributed by atoms with van der Waals surface area (Å²) < 4.78 is 0. The number of hydrogen-bond donors (Lipinski definition) is 0. The number of carbonyl (C=O) groups is 1. The van der Waals surface area contributed by atoms with E-state index in [-0.39, 0.29) is 11.9 Å². The van der Waals surface area contributed by atoms with Crippen molar-refractivity contribution in [3.8, 4) is 0 Å². The maximum absolute atomic E-state index is 12.3. The molecule has 0 aliphatic carbocycles. The van der Waals surface area contributed by atoms with Gasteiger partial charge in [0.05, 0.1) is 11.8 Å². The van der Waals surface area contributed by atoms with Crippen LogP contribution in [0.4, 0.5) is 0 Å². The summed E-state index contributed by atoms with van der Waals surface area (Å²) in [7, 11) is 0. The van der Waals surface area contributed by atoms with Gasteiger partial charge in [-0.1, -0.05) is 66.5 Å². The average molecular weight is 347 g/mol. The van der Waals surface area contributed by atoms with Gasteiger partial charge in [-0.05, 0) is 23.3 Å². The Bertz CT molecular complexity index is 759. The monoisotopic (exact) mass is 346 g/mol. The second-order valence-electron chi connectivity index (χ2n) is 5.39. The Morgan fingerprint density at radius 3 is 2.61 bits per heavy atom. The molecule has 3 nitrogen and oxygen atoms in total. The molecule has 118 valence electrons. The van der Waals surface area contributed by atoms with Gasteiger partial charge < -0.3 is 0 Å². The molecule has 0 aromatic heterocycles. The molecular formula is C18H16Cl2N2O. The largest absolute Gasteiger partial charge is 0.273 e. The second kappa shape index (κ2) is 6.73. The number of nitrogens with zero attached hydrogens (tertiary/aromatic N) is 2. The number of hydrogen-bond acceptors (Lipinski definition) is 2. The number of halogens is 2. The minimum atomic E-state index is -0.192. The zero-order valence-electron chi connectivity index (χ0n) is 12.7. The fourth-order valence-corrected chi connectivity index (χ4v) is 3.26. The quantitative estimate of drug-likeness (QED) is 0.762. The van der Waals surface area contributed by atoms with Crippen molar-refractivity contribution in [1.82, 2.24) is 5.01 Å². The Balaban J connectivity index is 1.99. The van der Waals surface area contributed by atoms with E-state index in [0.717, 1.165) is 16.8 Å². The lowest BCUT2D eigenvalue weighted by Crippen LogP contribution is -2.26. The maximum atomic E-state index is 12.3. The van der Waals surface area contributed by atoms with Crippen LogP contribution in [0.3, 0.4) is 0 Å². The molecule has 0 N–H and O–H groups in total. The van der Waals surface area contributed by atoms with Crippen LogP contribution in [0.5, 0.6) is 0 Å². The molecule has 1 amide bonds. The molecule has 1 atom stereocenters. The van der Waals surface area contributed by atoms with Gasteiger partial charge in [0, 0.05) is 22.9 Å². The van der Waals surface area contributed by atoms with E-state index in [4.69, 9.17) is 23.2 Å². The summed E-state index contributed by atoms with van der Waals surface area (Å²) in [5.74, 6) is -0.0213. The van der Waals surface area contributed by atoms with Gasteiger partial charge in [0.1, 0.15) is 0 Å². The summed E-state index contributed by atoms with van der Waals surface area (Å²) in [5.41, 5.74) is 2.78. The highest BCUT2D eigenvalue weighted by Crippen LogP contribution is 2.37. The van der Waals surface area contributed by atoms with E-state index >= 15 is 0 Å². The molecule has 5 heteroatoms. The standard InChI is InChI=1S/C18H16Cl2N2O/c1-2-18(23)22-17(14-9-8-13(19)10-15(14)20)11-16(21-22)12-6-4-3-5-7-12/h3-10,17H,2,11H2,1H3. The molecule has 2 aromatic rings. The summed E-state index contributed by atoms with van der Waals surface area (Å²) in [4.78, 5) is 12.3. The van der Waals surface area contributed by atoms with Crippen molar-refractivity contribution in [2.45, 2.75) is 25.8 Å². The number of rotatable bonds is 3. The van der Waals surface area contributed by atoms with Crippen LogP contribution in [0.1, 0.15) is 36.9 Å². The normalized spacial score (nSPS) is 17.3. The van der Waals surface area contributed by atoms with E-state index in [1.807, 2.05) is 43.3 Å². The SMILES string of the molecule is CCC(=O)N1N=C(c2ccccc2)CC1c1ccc(Cl)cc1Cl. The summed E-state index contributed by atoms with van der Waals surface area (Å²) >= 11 is 12.3. The van der Waals surface area contributed by atoms with Gasteiger partial charge in [0.25, 0.3) is 0 Å². The Kier molecular flexibility index (Phi) is 4.69.